The van der Waals surface area contributed by atoms with Crippen molar-refractivity contribution in [1.29, 1.82) is 0 Å². The van der Waals surface area contributed by atoms with Crippen molar-refractivity contribution < 1.29 is 13.9 Å². The topological polar surface area (TPSA) is 39.2 Å². The summed E-state index contributed by atoms with van der Waals surface area (Å²) in [6, 6.07) is 9.97. The van der Waals surface area contributed by atoms with Crippen molar-refractivity contribution in [2.75, 3.05) is 6.61 Å². The largest absolute Gasteiger partial charge is 0.465 e. The number of nitrogens with zero attached hydrogens (tertiary/aromatic N) is 1. The fraction of sp³-hybridized carbons (Fsp3) is 0.294. The average molecular weight is 287 g/mol. The van der Waals surface area contributed by atoms with E-state index in [1.807, 2.05) is 6.07 Å². The smallest absolute Gasteiger partial charge is 0.316 e. The Morgan fingerprint density at radius 2 is 2.05 bits per heavy atom. The number of ether oxygens (including phenoxy) is 1. The molecule has 0 saturated heterocycles. The molecule has 1 unspecified atom stereocenters. The molecule has 3 nitrogen and oxygen atoms in total. The summed E-state index contributed by atoms with van der Waals surface area (Å²) in [5.41, 5.74) is 0.119. The first-order chi connectivity index (χ1) is 10.1. The Morgan fingerprint density at radius 1 is 1.29 bits per heavy atom. The summed E-state index contributed by atoms with van der Waals surface area (Å²) in [6.45, 7) is 3.70. The van der Waals surface area contributed by atoms with Crippen LogP contribution >= 0.6 is 0 Å². The first-order valence-electron chi connectivity index (χ1n) is 6.89. The van der Waals surface area contributed by atoms with Gasteiger partial charge in [-0.25, -0.2) is 4.39 Å². The molecule has 1 aromatic carbocycles. The van der Waals surface area contributed by atoms with Crippen LogP contribution in [0.15, 0.2) is 48.8 Å². The van der Waals surface area contributed by atoms with Gasteiger partial charge in [-0.3, -0.25) is 9.78 Å². The predicted octanol–water partition coefficient (Wildman–Crippen LogP) is 3.28. The van der Waals surface area contributed by atoms with Gasteiger partial charge in [-0.15, -0.1) is 0 Å². The van der Waals surface area contributed by atoms with Gasteiger partial charge in [-0.2, -0.15) is 0 Å². The molecule has 0 bridgehead atoms. The van der Waals surface area contributed by atoms with Crippen LogP contribution in [0.25, 0.3) is 0 Å². The fourth-order valence-corrected chi connectivity index (χ4v) is 2.39. The highest BCUT2D eigenvalue weighted by molar-refractivity contribution is 5.83. The van der Waals surface area contributed by atoms with E-state index in [4.69, 9.17) is 4.74 Å². The van der Waals surface area contributed by atoms with Crippen molar-refractivity contribution in [2.45, 2.75) is 25.7 Å². The molecule has 2 rings (SSSR count). The van der Waals surface area contributed by atoms with Crippen molar-refractivity contribution in [3.63, 3.8) is 0 Å². The standard InChI is InChI=1S/C17H18FNO2/c1-3-21-16(20)17(2,11-13-7-6-10-19-12-13)14-8-4-5-9-15(14)18/h4-10,12H,3,11H2,1-2H3. The van der Waals surface area contributed by atoms with Crippen molar-refractivity contribution in [3.8, 4) is 0 Å². The minimum Gasteiger partial charge on any atom is -0.465 e. The van der Waals surface area contributed by atoms with Crippen LogP contribution in [-0.2, 0) is 21.4 Å². The Bertz CT molecular complexity index is 615. The van der Waals surface area contributed by atoms with E-state index in [1.165, 1.54) is 6.07 Å². The molecule has 21 heavy (non-hydrogen) atoms. The molecule has 0 amide bonds. The highest BCUT2D eigenvalue weighted by atomic mass is 19.1. The van der Waals surface area contributed by atoms with Crippen LogP contribution < -0.4 is 0 Å². The Labute approximate surface area is 123 Å². The number of pyridine rings is 1. The van der Waals surface area contributed by atoms with E-state index < -0.39 is 17.2 Å². The second kappa shape index (κ2) is 6.48. The summed E-state index contributed by atoms with van der Waals surface area (Å²) < 4.78 is 19.3. The summed E-state index contributed by atoms with van der Waals surface area (Å²) in [5.74, 6) is -0.837. The van der Waals surface area contributed by atoms with Gasteiger partial charge >= 0.3 is 5.97 Å². The highest BCUT2D eigenvalue weighted by Crippen LogP contribution is 2.31. The summed E-state index contributed by atoms with van der Waals surface area (Å²) in [4.78, 5) is 16.5. The molecular weight excluding hydrogens is 269 g/mol. The van der Waals surface area contributed by atoms with Crippen molar-refractivity contribution in [2.24, 2.45) is 0 Å². The zero-order valence-corrected chi connectivity index (χ0v) is 12.2. The number of carbonyl (C=O) groups is 1. The average Bonchev–Trinajstić information content (AvgIpc) is 2.48. The van der Waals surface area contributed by atoms with E-state index in [1.54, 1.807) is 50.5 Å². The van der Waals surface area contributed by atoms with Crippen LogP contribution in [0.4, 0.5) is 4.39 Å². The molecule has 0 N–H and O–H groups in total. The first kappa shape index (κ1) is 15.2. The molecule has 1 aromatic heterocycles. The van der Waals surface area contributed by atoms with E-state index in [9.17, 15) is 9.18 Å². The Kier molecular flexibility index (Phi) is 4.68. The predicted molar refractivity (Wildman–Crippen MR) is 78.3 cm³/mol. The fourth-order valence-electron chi connectivity index (χ4n) is 2.39. The molecule has 110 valence electrons. The van der Waals surface area contributed by atoms with Gasteiger partial charge in [0.25, 0.3) is 0 Å². The van der Waals surface area contributed by atoms with Crippen molar-refractivity contribution >= 4 is 5.97 Å². The van der Waals surface area contributed by atoms with E-state index in [-0.39, 0.29) is 6.61 Å². The van der Waals surface area contributed by atoms with Crippen LogP contribution in [0.3, 0.4) is 0 Å². The quantitative estimate of drug-likeness (QED) is 0.792. The lowest BCUT2D eigenvalue weighted by Crippen LogP contribution is -2.37. The molecule has 0 fully saturated rings. The Hall–Kier alpha value is -2.23. The second-order valence-corrected chi connectivity index (χ2v) is 5.07. The molecule has 0 aliphatic heterocycles. The number of benzene rings is 1. The molecule has 0 saturated carbocycles. The maximum atomic E-state index is 14.2. The monoisotopic (exact) mass is 287 g/mol. The number of hydrogen-bond donors (Lipinski definition) is 0. The summed E-state index contributed by atoms with van der Waals surface area (Å²) in [7, 11) is 0. The lowest BCUT2D eigenvalue weighted by atomic mass is 9.77. The normalized spacial score (nSPS) is 13.5. The van der Waals surface area contributed by atoms with Gasteiger partial charge in [0.1, 0.15) is 5.82 Å². The van der Waals surface area contributed by atoms with E-state index in [0.29, 0.717) is 12.0 Å². The van der Waals surface area contributed by atoms with Crippen LogP contribution in [0.5, 0.6) is 0 Å². The molecule has 0 aliphatic rings. The van der Waals surface area contributed by atoms with Gasteiger partial charge in [0, 0.05) is 18.0 Å². The lowest BCUT2D eigenvalue weighted by Gasteiger charge is -2.28. The van der Waals surface area contributed by atoms with Gasteiger partial charge in [0.15, 0.2) is 0 Å². The Balaban J connectivity index is 2.44. The maximum Gasteiger partial charge on any atom is 0.316 e. The van der Waals surface area contributed by atoms with E-state index in [0.717, 1.165) is 5.56 Å². The van der Waals surface area contributed by atoms with Gasteiger partial charge in [0.05, 0.1) is 12.0 Å². The Morgan fingerprint density at radius 3 is 2.67 bits per heavy atom. The molecule has 1 heterocycles. The van der Waals surface area contributed by atoms with Crippen molar-refractivity contribution in [3.05, 3.63) is 65.7 Å². The molecule has 0 radical (unpaired) electrons. The summed E-state index contributed by atoms with van der Waals surface area (Å²) in [5, 5.41) is 0. The molecule has 4 heteroatoms. The third-order valence-corrected chi connectivity index (χ3v) is 3.47. The van der Waals surface area contributed by atoms with Gasteiger partial charge in [0.2, 0.25) is 0 Å². The van der Waals surface area contributed by atoms with Crippen LogP contribution in [0.2, 0.25) is 0 Å². The van der Waals surface area contributed by atoms with Gasteiger partial charge < -0.3 is 4.74 Å². The maximum absolute atomic E-state index is 14.2. The number of rotatable bonds is 5. The summed E-state index contributed by atoms with van der Waals surface area (Å²) >= 11 is 0. The third-order valence-electron chi connectivity index (χ3n) is 3.47. The number of halogens is 1. The minimum atomic E-state index is -1.08. The van der Waals surface area contributed by atoms with E-state index >= 15 is 0 Å². The molecule has 1 atom stereocenters. The lowest BCUT2D eigenvalue weighted by molar-refractivity contribution is -0.149. The minimum absolute atomic E-state index is 0.260. The number of hydrogen-bond acceptors (Lipinski definition) is 3. The van der Waals surface area contributed by atoms with E-state index in [2.05, 4.69) is 4.98 Å². The molecule has 0 aliphatic carbocycles. The second-order valence-electron chi connectivity index (χ2n) is 5.07. The van der Waals surface area contributed by atoms with Crippen LogP contribution in [-0.4, -0.2) is 17.6 Å². The van der Waals surface area contributed by atoms with Gasteiger partial charge in [-0.05, 0) is 38.0 Å². The number of carbonyl (C=O) groups excluding carboxylic acids is 1. The molecular formula is C17H18FNO2. The zero-order chi connectivity index (χ0) is 15.3. The van der Waals surface area contributed by atoms with Gasteiger partial charge in [-0.1, -0.05) is 24.3 Å². The zero-order valence-electron chi connectivity index (χ0n) is 12.2. The SMILES string of the molecule is CCOC(=O)C(C)(Cc1cccnc1)c1ccccc1F. The van der Waals surface area contributed by atoms with Crippen LogP contribution in [0, 0.1) is 5.82 Å². The number of aromatic nitrogens is 1. The van der Waals surface area contributed by atoms with Crippen LogP contribution in [0.1, 0.15) is 25.0 Å². The summed E-state index contributed by atoms with van der Waals surface area (Å²) in [6.07, 6.45) is 3.67. The first-order valence-corrected chi connectivity index (χ1v) is 6.89. The molecule has 0 spiro atoms. The molecule has 2 aromatic rings. The number of esters is 1. The van der Waals surface area contributed by atoms with Crippen molar-refractivity contribution in [1.82, 2.24) is 4.98 Å². The highest BCUT2D eigenvalue weighted by Gasteiger charge is 2.39. The third kappa shape index (κ3) is 3.27.